The van der Waals surface area contributed by atoms with Crippen molar-refractivity contribution >= 4 is 17.3 Å². The summed E-state index contributed by atoms with van der Waals surface area (Å²) in [5, 5.41) is 7.18. The van der Waals surface area contributed by atoms with Gasteiger partial charge in [-0.15, -0.1) is 0 Å². The second-order valence-electron chi connectivity index (χ2n) is 3.19. The number of fused-ring (bicyclic) bond motifs is 3. The summed E-state index contributed by atoms with van der Waals surface area (Å²) in [5.74, 6) is -0.141. The fourth-order valence-electron chi connectivity index (χ4n) is 1.77. The summed E-state index contributed by atoms with van der Waals surface area (Å²) in [6.07, 6.45) is 3.73. The molecule has 0 radical (unpaired) electrons. The molecule has 0 aromatic carbocycles. The number of H-pyrrole nitrogens is 1. The smallest absolute Gasteiger partial charge is 0.251 e. The van der Waals surface area contributed by atoms with Gasteiger partial charge in [-0.3, -0.25) is 4.79 Å². The summed E-state index contributed by atoms with van der Waals surface area (Å²) in [6, 6.07) is 0. The van der Waals surface area contributed by atoms with Crippen LogP contribution in [-0.2, 0) is 4.79 Å². The molecule has 0 spiro atoms. The van der Waals surface area contributed by atoms with Crippen LogP contribution in [0.1, 0.15) is 5.56 Å². The fourth-order valence-corrected chi connectivity index (χ4v) is 1.77. The largest absolute Gasteiger partial charge is 0.382 e. The van der Waals surface area contributed by atoms with Crippen LogP contribution in [0.5, 0.6) is 0 Å². The Balaban J connectivity index is 2.14. The van der Waals surface area contributed by atoms with Gasteiger partial charge < -0.3 is 10.3 Å². The molecule has 0 saturated heterocycles. The van der Waals surface area contributed by atoms with E-state index in [9.17, 15) is 4.79 Å². The summed E-state index contributed by atoms with van der Waals surface area (Å²) in [7, 11) is 0. The molecule has 1 atom stereocenters. The number of nitrogens with one attached hydrogen (secondary N) is 3. The first kappa shape index (κ1) is 6.71. The number of carbonyl (C=O) groups is 1. The van der Waals surface area contributed by atoms with E-state index in [-0.39, 0.29) is 11.8 Å². The van der Waals surface area contributed by atoms with E-state index >= 15 is 0 Å². The summed E-state index contributed by atoms with van der Waals surface area (Å²) < 4.78 is 0. The zero-order chi connectivity index (χ0) is 8.84. The molecule has 5 heteroatoms. The van der Waals surface area contributed by atoms with Crippen molar-refractivity contribution < 1.29 is 4.79 Å². The quantitative estimate of drug-likeness (QED) is 0.516. The lowest BCUT2D eigenvalue weighted by Gasteiger charge is -2.18. The van der Waals surface area contributed by atoms with E-state index in [1.54, 1.807) is 0 Å². The molecule has 1 aromatic rings. The first-order valence-electron chi connectivity index (χ1n) is 4.15. The minimum Gasteiger partial charge on any atom is -0.382 e. The Bertz CT molecular complexity index is 406. The highest BCUT2D eigenvalue weighted by molar-refractivity contribution is 6.19. The molecule has 0 saturated carbocycles. The number of anilines is 1. The van der Waals surface area contributed by atoms with Crippen molar-refractivity contribution in [2.45, 2.75) is 0 Å². The van der Waals surface area contributed by atoms with E-state index in [0.717, 1.165) is 17.0 Å². The molecule has 1 aromatic heterocycles. The van der Waals surface area contributed by atoms with Crippen LogP contribution < -0.4 is 10.7 Å². The molecular weight excluding hydrogens is 168 g/mol. The molecule has 0 aliphatic carbocycles. The summed E-state index contributed by atoms with van der Waals surface area (Å²) in [5.41, 5.74) is 5.35. The number of hydrogen-bond donors (Lipinski definition) is 3. The SMILES string of the molecule is O=C1NN=C2c3c[nH]cc3NCC12. The van der Waals surface area contributed by atoms with E-state index in [4.69, 9.17) is 0 Å². The maximum Gasteiger partial charge on any atom is 0.251 e. The van der Waals surface area contributed by atoms with E-state index in [1.165, 1.54) is 0 Å². The number of rotatable bonds is 0. The fraction of sp³-hybridized carbons (Fsp3) is 0.250. The highest BCUT2D eigenvalue weighted by Crippen LogP contribution is 2.26. The number of amides is 1. The van der Waals surface area contributed by atoms with Crippen LogP contribution in [0.3, 0.4) is 0 Å². The predicted molar refractivity (Wildman–Crippen MR) is 47.5 cm³/mol. The van der Waals surface area contributed by atoms with Crippen LogP contribution in [0.15, 0.2) is 17.5 Å². The van der Waals surface area contributed by atoms with E-state index in [1.807, 2.05) is 12.4 Å². The Morgan fingerprint density at radius 2 is 2.38 bits per heavy atom. The molecule has 2 aliphatic heterocycles. The lowest BCUT2D eigenvalue weighted by Crippen LogP contribution is -2.33. The number of aromatic nitrogens is 1. The first-order chi connectivity index (χ1) is 6.36. The normalized spacial score (nSPS) is 24.2. The molecule has 2 aliphatic rings. The van der Waals surface area contributed by atoms with E-state index in [2.05, 4.69) is 20.8 Å². The van der Waals surface area contributed by atoms with Crippen molar-refractivity contribution in [1.82, 2.24) is 10.4 Å². The highest BCUT2D eigenvalue weighted by atomic mass is 16.2. The number of nitrogens with zero attached hydrogens (tertiary/aromatic N) is 1. The second-order valence-corrected chi connectivity index (χ2v) is 3.19. The average Bonchev–Trinajstić information content (AvgIpc) is 2.70. The molecule has 3 heterocycles. The summed E-state index contributed by atoms with van der Waals surface area (Å²) >= 11 is 0. The Morgan fingerprint density at radius 3 is 3.31 bits per heavy atom. The van der Waals surface area contributed by atoms with Crippen LogP contribution in [-0.4, -0.2) is 23.1 Å². The average molecular weight is 176 g/mol. The minimum absolute atomic E-state index is 0.0191. The van der Waals surface area contributed by atoms with Gasteiger partial charge in [0.1, 0.15) is 5.92 Å². The van der Waals surface area contributed by atoms with Crippen LogP contribution in [0.25, 0.3) is 0 Å². The third kappa shape index (κ3) is 0.756. The molecule has 3 rings (SSSR count). The van der Waals surface area contributed by atoms with Gasteiger partial charge in [-0.05, 0) is 0 Å². The summed E-state index contributed by atoms with van der Waals surface area (Å²) in [6.45, 7) is 0.634. The van der Waals surface area contributed by atoms with Gasteiger partial charge in [-0.25, -0.2) is 5.43 Å². The molecule has 13 heavy (non-hydrogen) atoms. The maximum absolute atomic E-state index is 11.3. The Morgan fingerprint density at radius 1 is 1.46 bits per heavy atom. The van der Waals surface area contributed by atoms with E-state index < -0.39 is 0 Å². The molecule has 3 N–H and O–H groups in total. The van der Waals surface area contributed by atoms with Gasteiger partial charge in [0, 0.05) is 24.5 Å². The number of carbonyl (C=O) groups excluding carboxylic acids is 1. The van der Waals surface area contributed by atoms with Gasteiger partial charge >= 0.3 is 0 Å². The van der Waals surface area contributed by atoms with Gasteiger partial charge in [0.25, 0.3) is 5.91 Å². The van der Waals surface area contributed by atoms with Gasteiger partial charge in [-0.1, -0.05) is 0 Å². The molecule has 0 fully saturated rings. The molecule has 1 amide bonds. The van der Waals surface area contributed by atoms with Crippen LogP contribution >= 0.6 is 0 Å². The Kier molecular flexibility index (Phi) is 1.10. The Hall–Kier alpha value is -1.78. The van der Waals surface area contributed by atoms with Gasteiger partial charge in [-0.2, -0.15) is 5.10 Å². The lowest BCUT2D eigenvalue weighted by atomic mass is 9.95. The summed E-state index contributed by atoms with van der Waals surface area (Å²) in [4.78, 5) is 14.2. The number of hydrazone groups is 1. The van der Waals surface area contributed by atoms with Gasteiger partial charge in [0.15, 0.2) is 0 Å². The zero-order valence-corrected chi connectivity index (χ0v) is 6.79. The lowest BCUT2D eigenvalue weighted by molar-refractivity contribution is -0.121. The van der Waals surface area contributed by atoms with Gasteiger partial charge in [0.2, 0.25) is 0 Å². The van der Waals surface area contributed by atoms with Gasteiger partial charge in [0.05, 0.1) is 11.4 Å². The monoisotopic (exact) mass is 176 g/mol. The molecule has 1 unspecified atom stereocenters. The Labute approximate surface area is 74.2 Å². The zero-order valence-electron chi connectivity index (χ0n) is 6.79. The van der Waals surface area contributed by atoms with Crippen molar-refractivity contribution in [2.75, 3.05) is 11.9 Å². The maximum atomic E-state index is 11.3. The molecule has 66 valence electrons. The van der Waals surface area contributed by atoms with Crippen molar-refractivity contribution in [1.29, 1.82) is 0 Å². The second kappa shape index (κ2) is 2.12. The third-order valence-electron chi connectivity index (χ3n) is 2.45. The van der Waals surface area contributed by atoms with Crippen molar-refractivity contribution in [3.8, 4) is 0 Å². The third-order valence-corrected chi connectivity index (χ3v) is 2.45. The first-order valence-corrected chi connectivity index (χ1v) is 4.15. The van der Waals surface area contributed by atoms with Crippen LogP contribution in [0.2, 0.25) is 0 Å². The topological polar surface area (TPSA) is 69.3 Å². The van der Waals surface area contributed by atoms with Crippen molar-refractivity contribution in [3.05, 3.63) is 18.0 Å². The standard InChI is InChI=1S/C8H8N4O/c13-8-5-2-10-6-3-9-1-4(6)7(5)11-12-8/h1,3,5,9-10H,2H2,(H,12,13). The van der Waals surface area contributed by atoms with Crippen LogP contribution in [0, 0.1) is 5.92 Å². The molecular formula is C8H8N4O. The molecule has 5 nitrogen and oxygen atoms in total. The van der Waals surface area contributed by atoms with E-state index in [0.29, 0.717) is 6.54 Å². The van der Waals surface area contributed by atoms with Crippen molar-refractivity contribution in [3.63, 3.8) is 0 Å². The van der Waals surface area contributed by atoms with Crippen LogP contribution in [0.4, 0.5) is 5.69 Å². The highest BCUT2D eigenvalue weighted by Gasteiger charge is 2.35. The minimum atomic E-state index is -0.122. The molecule has 0 bridgehead atoms. The number of aromatic amines is 1. The number of hydrogen-bond acceptors (Lipinski definition) is 3. The van der Waals surface area contributed by atoms with Crippen molar-refractivity contribution in [2.24, 2.45) is 11.0 Å². The predicted octanol–water partition coefficient (Wildman–Crippen LogP) is -0.110.